The van der Waals surface area contributed by atoms with Crippen molar-refractivity contribution in [2.75, 3.05) is 18.4 Å². The molecule has 1 saturated heterocycles. The fourth-order valence-corrected chi connectivity index (χ4v) is 4.25. The highest BCUT2D eigenvalue weighted by Crippen LogP contribution is 2.30. The first kappa shape index (κ1) is 19.9. The molecular weight excluding hydrogens is 412 g/mol. The van der Waals surface area contributed by atoms with E-state index in [1.165, 1.54) is 24.3 Å². The maximum atomic E-state index is 12.8. The van der Waals surface area contributed by atoms with Gasteiger partial charge in [0.2, 0.25) is 0 Å². The van der Waals surface area contributed by atoms with Crippen LogP contribution in [0.3, 0.4) is 0 Å². The standard InChI is InChI=1S/C22H20N6O4/c29-19-12-18(13-7-9-23-10-8-13)27-21(25-19)20-16(5-2-6-17(20)26-27)24-22(30)14-3-1-4-15(11-14)28(31)32/h1-6,11-13,23H,7-10H2,(H,24,30)(H,25,29). The summed E-state index contributed by atoms with van der Waals surface area (Å²) >= 11 is 0. The van der Waals surface area contributed by atoms with Crippen LogP contribution in [0.1, 0.15) is 34.8 Å². The topological polar surface area (TPSA) is 134 Å². The van der Waals surface area contributed by atoms with Crippen molar-refractivity contribution in [3.8, 4) is 0 Å². The van der Waals surface area contributed by atoms with Gasteiger partial charge in [0.1, 0.15) is 5.65 Å². The second-order valence-corrected chi connectivity index (χ2v) is 7.80. The fraction of sp³-hybridized carbons (Fsp3) is 0.227. The highest BCUT2D eigenvalue weighted by molar-refractivity contribution is 6.12. The van der Waals surface area contributed by atoms with Crippen molar-refractivity contribution in [2.24, 2.45) is 0 Å². The number of benzene rings is 2. The third-order valence-electron chi connectivity index (χ3n) is 5.79. The number of nitrogens with one attached hydrogen (secondary N) is 3. The van der Waals surface area contributed by atoms with Crippen LogP contribution in [0, 0.1) is 10.1 Å². The third-order valence-corrected chi connectivity index (χ3v) is 5.79. The van der Waals surface area contributed by atoms with Crippen molar-refractivity contribution in [2.45, 2.75) is 18.8 Å². The molecule has 10 heteroatoms. The smallest absolute Gasteiger partial charge is 0.270 e. The lowest BCUT2D eigenvalue weighted by Crippen LogP contribution is -2.28. The molecular formula is C22H20N6O4. The van der Waals surface area contributed by atoms with Crippen LogP contribution in [0.25, 0.3) is 16.6 Å². The van der Waals surface area contributed by atoms with E-state index in [1.54, 1.807) is 22.7 Å². The van der Waals surface area contributed by atoms with E-state index in [1.807, 2.05) is 6.07 Å². The molecule has 0 bridgehead atoms. The molecule has 2 aromatic carbocycles. The van der Waals surface area contributed by atoms with Crippen molar-refractivity contribution in [3.63, 3.8) is 0 Å². The van der Waals surface area contributed by atoms with Crippen LogP contribution in [-0.4, -0.2) is 38.5 Å². The third kappa shape index (κ3) is 3.50. The summed E-state index contributed by atoms with van der Waals surface area (Å²) in [7, 11) is 0. The number of nitro groups is 1. The summed E-state index contributed by atoms with van der Waals surface area (Å²) in [6.45, 7) is 1.76. The van der Waals surface area contributed by atoms with Gasteiger partial charge in [0, 0.05) is 29.7 Å². The average Bonchev–Trinajstić information content (AvgIpc) is 3.18. The molecule has 4 aromatic rings. The SMILES string of the molecule is O=C(Nc1cccc2nn3c(C4CCNCC4)cc(=O)[nH]c3c12)c1cccc([N+](=O)[O-])c1. The molecule has 1 fully saturated rings. The number of nitro benzene ring substituents is 1. The Bertz CT molecular complexity index is 1420. The number of carbonyl (C=O) groups is 1. The van der Waals surface area contributed by atoms with Gasteiger partial charge < -0.3 is 15.6 Å². The molecule has 0 spiro atoms. The van der Waals surface area contributed by atoms with Gasteiger partial charge in [-0.15, -0.1) is 0 Å². The maximum Gasteiger partial charge on any atom is 0.270 e. The van der Waals surface area contributed by atoms with E-state index in [2.05, 4.69) is 15.6 Å². The number of carbonyl (C=O) groups excluding carboxylic acids is 1. The number of aromatic nitrogens is 3. The van der Waals surface area contributed by atoms with E-state index in [4.69, 9.17) is 5.10 Å². The van der Waals surface area contributed by atoms with Crippen LogP contribution >= 0.6 is 0 Å². The monoisotopic (exact) mass is 432 g/mol. The predicted octanol–water partition coefficient (Wildman–Crippen LogP) is 2.80. The quantitative estimate of drug-likeness (QED) is 0.335. The first-order valence-corrected chi connectivity index (χ1v) is 10.3. The summed E-state index contributed by atoms with van der Waals surface area (Å²) in [6.07, 6.45) is 1.82. The molecule has 3 N–H and O–H groups in total. The van der Waals surface area contributed by atoms with Gasteiger partial charge in [-0.1, -0.05) is 12.1 Å². The molecule has 10 nitrogen and oxygen atoms in total. The first-order chi connectivity index (χ1) is 15.5. The predicted molar refractivity (Wildman–Crippen MR) is 119 cm³/mol. The second-order valence-electron chi connectivity index (χ2n) is 7.80. The van der Waals surface area contributed by atoms with Crippen molar-refractivity contribution in [1.29, 1.82) is 0 Å². The number of H-pyrrole nitrogens is 1. The van der Waals surface area contributed by atoms with Gasteiger partial charge in [-0.25, -0.2) is 4.52 Å². The number of hydrogen-bond acceptors (Lipinski definition) is 6. The molecule has 1 aliphatic heterocycles. The number of nitrogens with zero attached hydrogens (tertiary/aromatic N) is 3. The minimum absolute atomic E-state index is 0.163. The molecule has 0 unspecified atom stereocenters. The Morgan fingerprint density at radius 2 is 1.94 bits per heavy atom. The van der Waals surface area contributed by atoms with Crippen molar-refractivity contribution < 1.29 is 9.72 Å². The Balaban J connectivity index is 1.60. The summed E-state index contributed by atoms with van der Waals surface area (Å²) in [5, 5.41) is 22.5. The fourth-order valence-electron chi connectivity index (χ4n) is 4.25. The molecule has 5 rings (SSSR count). The number of piperidine rings is 1. The lowest BCUT2D eigenvalue weighted by molar-refractivity contribution is -0.384. The van der Waals surface area contributed by atoms with Gasteiger partial charge in [0.05, 0.1) is 27.2 Å². The molecule has 32 heavy (non-hydrogen) atoms. The molecule has 0 aliphatic carbocycles. The highest BCUT2D eigenvalue weighted by atomic mass is 16.6. The van der Waals surface area contributed by atoms with Gasteiger partial charge >= 0.3 is 0 Å². The van der Waals surface area contributed by atoms with Gasteiger partial charge in [-0.05, 0) is 44.1 Å². The Kier molecular flexibility index (Phi) is 4.91. The van der Waals surface area contributed by atoms with Crippen LogP contribution in [0.2, 0.25) is 0 Å². The Morgan fingerprint density at radius 1 is 1.16 bits per heavy atom. The molecule has 3 heterocycles. The normalized spacial score (nSPS) is 14.6. The number of amides is 1. The lowest BCUT2D eigenvalue weighted by atomic mass is 9.94. The van der Waals surface area contributed by atoms with Crippen LogP contribution in [0.4, 0.5) is 11.4 Å². The zero-order valence-electron chi connectivity index (χ0n) is 17.0. The summed E-state index contributed by atoms with van der Waals surface area (Å²) in [6, 6.07) is 12.4. The lowest BCUT2D eigenvalue weighted by Gasteiger charge is -2.23. The summed E-state index contributed by atoms with van der Waals surface area (Å²) < 4.78 is 1.76. The molecule has 1 aliphatic rings. The van der Waals surface area contributed by atoms with Crippen LogP contribution in [-0.2, 0) is 0 Å². The highest BCUT2D eigenvalue weighted by Gasteiger charge is 2.22. The van der Waals surface area contributed by atoms with Crippen LogP contribution in [0.15, 0.2) is 53.3 Å². The van der Waals surface area contributed by atoms with Gasteiger partial charge in [0.15, 0.2) is 0 Å². The Hall–Kier alpha value is -4.05. The Labute approximate surface area is 181 Å². The van der Waals surface area contributed by atoms with E-state index in [9.17, 15) is 19.7 Å². The Morgan fingerprint density at radius 3 is 2.72 bits per heavy atom. The number of rotatable bonds is 4. The van der Waals surface area contributed by atoms with Crippen LogP contribution in [0.5, 0.6) is 0 Å². The number of fused-ring (bicyclic) bond motifs is 3. The molecule has 2 aromatic heterocycles. The van der Waals surface area contributed by atoms with Crippen molar-refractivity contribution in [1.82, 2.24) is 19.9 Å². The molecule has 0 radical (unpaired) electrons. The average molecular weight is 432 g/mol. The van der Waals surface area contributed by atoms with Crippen molar-refractivity contribution >= 4 is 33.8 Å². The van der Waals surface area contributed by atoms with Gasteiger partial charge in [0.25, 0.3) is 17.2 Å². The molecule has 0 atom stereocenters. The zero-order chi connectivity index (χ0) is 22.2. The van der Waals surface area contributed by atoms with E-state index in [0.717, 1.165) is 31.6 Å². The largest absolute Gasteiger partial charge is 0.321 e. The summed E-state index contributed by atoms with van der Waals surface area (Å²) in [5.41, 5.74) is 2.21. The van der Waals surface area contributed by atoms with Crippen LogP contribution < -0.4 is 16.2 Å². The maximum absolute atomic E-state index is 12.8. The molecule has 0 saturated carbocycles. The number of hydrogen-bond donors (Lipinski definition) is 3. The van der Waals surface area contributed by atoms with E-state index < -0.39 is 10.8 Å². The van der Waals surface area contributed by atoms with E-state index >= 15 is 0 Å². The minimum atomic E-state index is -0.546. The van der Waals surface area contributed by atoms with E-state index in [-0.39, 0.29) is 22.7 Å². The molecule has 162 valence electrons. The number of non-ortho nitro benzene ring substituents is 1. The summed E-state index contributed by atoms with van der Waals surface area (Å²) in [5.74, 6) is -0.282. The van der Waals surface area contributed by atoms with Gasteiger partial charge in [-0.3, -0.25) is 19.7 Å². The van der Waals surface area contributed by atoms with E-state index in [0.29, 0.717) is 22.2 Å². The number of anilines is 1. The minimum Gasteiger partial charge on any atom is -0.321 e. The summed E-state index contributed by atoms with van der Waals surface area (Å²) in [4.78, 5) is 38.7. The van der Waals surface area contributed by atoms with Crippen molar-refractivity contribution in [3.05, 3.63) is 80.3 Å². The second kappa shape index (κ2) is 7.89. The number of aromatic amines is 1. The molecule has 1 amide bonds. The van der Waals surface area contributed by atoms with Gasteiger partial charge in [-0.2, -0.15) is 5.10 Å². The first-order valence-electron chi connectivity index (χ1n) is 10.3. The zero-order valence-corrected chi connectivity index (χ0v) is 17.0.